The van der Waals surface area contributed by atoms with Crippen LogP contribution in [-0.2, 0) is 11.3 Å². The zero-order chi connectivity index (χ0) is 12.8. The summed E-state index contributed by atoms with van der Waals surface area (Å²) in [6.07, 6.45) is 0.860. The predicted molar refractivity (Wildman–Crippen MR) is 70.9 cm³/mol. The van der Waals surface area contributed by atoms with Crippen molar-refractivity contribution in [2.75, 3.05) is 25.1 Å². The number of nitrogens with zero attached hydrogens (tertiary/aromatic N) is 2. The van der Waals surface area contributed by atoms with Gasteiger partial charge in [-0.15, -0.1) is 0 Å². The second-order valence-corrected chi connectivity index (χ2v) is 5.30. The summed E-state index contributed by atoms with van der Waals surface area (Å²) in [6.45, 7) is 8.69. The topological polar surface area (TPSA) is 42.4 Å². The molecular weight excluding hydrogens is 236 g/mol. The number of rotatable bonds is 7. The van der Waals surface area contributed by atoms with Crippen LogP contribution in [0.5, 0.6) is 0 Å². The second-order valence-electron chi connectivity index (χ2n) is 4.29. The molecule has 0 unspecified atom stereocenters. The minimum Gasteiger partial charge on any atom is -0.378 e. The van der Waals surface area contributed by atoms with Crippen molar-refractivity contribution < 1.29 is 9.53 Å². The van der Waals surface area contributed by atoms with Crippen LogP contribution in [-0.4, -0.2) is 31.5 Å². The Labute approximate surface area is 107 Å². The van der Waals surface area contributed by atoms with Gasteiger partial charge in [-0.3, -0.25) is 4.79 Å². The number of methoxy groups -OCH3 is 1. The van der Waals surface area contributed by atoms with E-state index in [1.54, 1.807) is 7.11 Å². The van der Waals surface area contributed by atoms with Crippen molar-refractivity contribution in [1.82, 2.24) is 4.98 Å². The van der Waals surface area contributed by atoms with Crippen molar-refractivity contribution in [1.29, 1.82) is 0 Å². The van der Waals surface area contributed by atoms with Gasteiger partial charge in [0.1, 0.15) is 0 Å². The fourth-order valence-corrected chi connectivity index (χ4v) is 2.56. The molecule has 0 spiro atoms. The summed E-state index contributed by atoms with van der Waals surface area (Å²) in [5, 5.41) is 0.912. The molecule has 1 rings (SSSR count). The maximum Gasteiger partial charge on any atom is 0.186 e. The molecule has 5 heteroatoms. The third-order valence-corrected chi connectivity index (χ3v) is 3.43. The van der Waals surface area contributed by atoms with E-state index in [0.717, 1.165) is 30.2 Å². The maximum absolute atomic E-state index is 10.9. The van der Waals surface area contributed by atoms with Gasteiger partial charge in [-0.2, -0.15) is 0 Å². The molecule has 96 valence electrons. The Bertz CT molecular complexity index is 363. The molecule has 1 aromatic rings. The first kappa shape index (κ1) is 14.1. The summed E-state index contributed by atoms with van der Waals surface area (Å²) in [7, 11) is 1.61. The Balaban J connectivity index is 2.91. The minimum atomic E-state index is 0.393. The van der Waals surface area contributed by atoms with Crippen LogP contribution >= 0.6 is 11.3 Å². The fourth-order valence-electron chi connectivity index (χ4n) is 1.60. The van der Waals surface area contributed by atoms with E-state index in [0.29, 0.717) is 17.4 Å². The molecule has 0 fully saturated rings. The first-order chi connectivity index (χ1) is 8.12. The van der Waals surface area contributed by atoms with Crippen LogP contribution in [0.15, 0.2) is 0 Å². The Morgan fingerprint density at radius 3 is 2.71 bits per heavy atom. The van der Waals surface area contributed by atoms with Gasteiger partial charge in [0, 0.05) is 20.2 Å². The summed E-state index contributed by atoms with van der Waals surface area (Å²) in [4.78, 5) is 18.3. The van der Waals surface area contributed by atoms with Gasteiger partial charge in [0.2, 0.25) is 0 Å². The van der Waals surface area contributed by atoms with Gasteiger partial charge < -0.3 is 9.64 Å². The summed E-state index contributed by atoms with van der Waals surface area (Å²) in [5.74, 6) is 0.574. The van der Waals surface area contributed by atoms with E-state index in [1.165, 1.54) is 11.3 Å². The van der Waals surface area contributed by atoms with Crippen molar-refractivity contribution >= 4 is 22.8 Å². The highest BCUT2D eigenvalue weighted by Crippen LogP contribution is 2.26. The molecule has 17 heavy (non-hydrogen) atoms. The smallest absolute Gasteiger partial charge is 0.186 e. The number of carbonyl (C=O) groups excluding carboxylic acids is 1. The number of aromatic nitrogens is 1. The van der Waals surface area contributed by atoms with Crippen molar-refractivity contribution in [3.05, 3.63) is 10.6 Å². The first-order valence-corrected chi connectivity index (χ1v) is 6.62. The van der Waals surface area contributed by atoms with Gasteiger partial charge in [0.15, 0.2) is 11.4 Å². The number of ether oxygens (including phenoxy) is 1. The lowest BCUT2D eigenvalue weighted by atomic mass is 10.2. The molecule has 0 aliphatic rings. The third-order valence-electron chi connectivity index (χ3n) is 2.34. The van der Waals surface area contributed by atoms with Crippen LogP contribution in [0, 0.1) is 5.92 Å². The SMILES string of the molecule is CCN(CC(C)C)c1nc(COC)c(C=O)s1. The monoisotopic (exact) mass is 256 g/mol. The highest BCUT2D eigenvalue weighted by Gasteiger charge is 2.15. The van der Waals surface area contributed by atoms with Crippen LogP contribution in [0.1, 0.15) is 36.1 Å². The number of anilines is 1. The second kappa shape index (κ2) is 6.71. The number of hydrogen-bond acceptors (Lipinski definition) is 5. The summed E-state index contributed by atoms with van der Waals surface area (Å²) in [6, 6.07) is 0. The van der Waals surface area contributed by atoms with E-state index in [4.69, 9.17) is 4.74 Å². The highest BCUT2D eigenvalue weighted by molar-refractivity contribution is 7.17. The van der Waals surface area contributed by atoms with Gasteiger partial charge in [-0.25, -0.2) is 4.98 Å². The van der Waals surface area contributed by atoms with Crippen LogP contribution in [0.3, 0.4) is 0 Å². The lowest BCUT2D eigenvalue weighted by Gasteiger charge is -2.21. The zero-order valence-electron chi connectivity index (χ0n) is 10.9. The molecular formula is C12H20N2O2S. The average molecular weight is 256 g/mol. The van der Waals surface area contributed by atoms with Gasteiger partial charge >= 0.3 is 0 Å². The average Bonchev–Trinajstić information content (AvgIpc) is 2.69. The molecule has 0 N–H and O–H groups in total. The summed E-state index contributed by atoms with van der Waals surface area (Å²) < 4.78 is 5.04. The van der Waals surface area contributed by atoms with Crippen LogP contribution in [0.25, 0.3) is 0 Å². The third kappa shape index (κ3) is 3.78. The highest BCUT2D eigenvalue weighted by atomic mass is 32.1. The lowest BCUT2D eigenvalue weighted by molar-refractivity contribution is 0.112. The standard InChI is InChI=1S/C12H20N2O2S/c1-5-14(6-9(2)3)12-13-10(8-16-4)11(7-15)17-12/h7,9H,5-6,8H2,1-4H3. The number of aldehydes is 1. The molecule has 0 atom stereocenters. The van der Waals surface area contributed by atoms with Gasteiger partial charge in [0.05, 0.1) is 17.2 Å². The minimum absolute atomic E-state index is 0.393. The molecule has 0 amide bonds. The molecule has 0 aliphatic carbocycles. The zero-order valence-corrected chi connectivity index (χ0v) is 11.7. The fraction of sp³-hybridized carbons (Fsp3) is 0.667. The van der Waals surface area contributed by atoms with E-state index in [1.807, 2.05) is 0 Å². The van der Waals surface area contributed by atoms with E-state index >= 15 is 0 Å². The van der Waals surface area contributed by atoms with Crippen molar-refractivity contribution in [3.63, 3.8) is 0 Å². The number of carbonyl (C=O) groups is 1. The lowest BCUT2D eigenvalue weighted by Crippen LogP contribution is -2.27. The molecule has 0 radical (unpaired) electrons. The molecule has 1 aromatic heterocycles. The predicted octanol–water partition coefficient (Wildman–Crippen LogP) is 2.58. The molecule has 0 aromatic carbocycles. The van der Waals surface area contributed by atoms with Gasteiger partial charge in [0.25, 0.3) is 0 Å². The maximum atomic E-state index is 10.9. The van der Waals surface area contributed by atoms with E-state index in [2.05, 4.69) is 30.7 Å². The van der Waals surface area contributed by atoms with Crippen molar-refractivity contribution in [2.24, 2.45) is 5.92 Å². The van der Waals surface area contributed by atoms with E-state index in [-0.39, 0.29) is 0 Å². The van der Waals surface area contributed by atoms with Gasteiger partial charge in [-0.05, 0) is 12.8 Å². The van der Waals surface area contributed by atoms with Crippen molar-refractivity contribution in [2.45, 2.75) is 27.4 Å². The van der Waals surface area contributed by atoms with Crippen LogP contribution < -0.4 is 4.90 Å². The molecule has 0 saturated carbocycles. The largest absolute Gasteiger partial charge is 0.378 e. The Morgan fingerprint density at radius 2 is 2.24 bits per heavy atom. The first-order valence-electron chi connectivity index (χ1n) is 5.81. The Hall–Kier alpha value is -0.940. The van der Waals surface area contributed by atoms with Crippen LogP contribution in [0.4, 0.5) is 5.13 Å². The Morgan fingerprint density at radius 1 is 1.53 bits per heavy atom. The molecule has 4 nitrogen and oxygen atoms in total. The summed E-state index contributed by atoms with van der Waals surface area (Å²) in [5.41, 5.74) is 0.740. The molecule has 0 saturated heterocycles. The van der Waals surface area contributed by atoms with E-state index < -0.39 is 0 Å². The quantitative estimate of drug-likeness (QED) is 0.703. The normalized spacial score (nSPS) is 10.9. The Kier molecular flexibility index (Phi) is 5.58. The molecule has 1 heterocycles. The molecule has 0 bridgehead atoms. The molecule has 0 aliphatic heterocycles. The van der Waals surface area contributed by atoms with Gasteiger partial charge in [-0.1, -0.05) is 25.2 Å². The number of thiazole rings is 1. The van der Waals surface area contributed by atoms with Crippen LogP contribution in [0.2, 0.25) is 0 Å². The van der Waals surface area contributed by atoms with Crippen molar-refractivity contribution in [3.8, 4) is 0 Å². The van der Waals surface area contributed by atoms with E-state index in [9.17, 15) is 4.79 Å². The number of hydrogen-bond donors (Lipinski definition) is 0. The summed E-state index contributed by atoms with van der Waals surface area (Å²) >= 11 is 1.44.